The van der Waals surface area contributed by atoms with Crippen LogP contribution in [0.2, 0.25) is 0 Å². The molecular formula is C15H29ClN2O. The molecule has 1 amide bonds. The quantitative estimate of drug-likeness (QED) is 0.866. The molecule has 0 bridgehead atoms. The van der Waals surface area contributed by atoms with Gasteiger partial charge in [-0.1, -0.05) is 6.92 Å². The van der Waals surface area contributed by atoms with E-state index in [1.807, 2.05) is 0 Å². The van der Waals surface area contributed by atoms with Crippen LogP contribution in [-0.2, 0) is 4.79 Å². The lowest BCUT2D eigenvalue weighted by atomic mass is 9.92. The fourth-order valence-electron chi connectivity index (χ4n) is 3.66. The van der Waals surface area contributed by atoms with Crippen LogP contribution < -0.4 is 5.32 Å². The normalized spacial score (nSPS) is 27.1. The van der Waals surface area contributed by atoms with Crippen LogP contribution in [-0.4, -0.2) is 36.0 Å². The third kappa shape index (κ3) is 4.35. The summed E-state index contributed by atoms with van der Waals surface area (Å²) in [6.07, 6.45) is 5.47. The zero-order valence-corrected chi connectivity index (χ0v) is 13.4. The summed E-state index contributed by atoms with van der Waals surface area (Å²) in [5.74, 6) is 1.80. The summed E-state index contributed by atoms with van der Waals surface area (Å²) in [5, 5.41) is 3.38. The third-order valence-corrected chi connectivity index (χ3v) is 4.60. The Morgan fingerprint density at radius 1 is 1.32 bits per heavy atom. The molecule has 0 spiro atoms. The first-order chi connectivity index (χ1) is 8.49. The van der Waals surface area contributed by atoms with E-state index in [0.29, 0.717) is 11.8 Å². The van der Waals surface area contributed by atoms with Crippen molar-refractivity contribution in [2.75, 3.05) is 19.6 Å². The molecule has 3 nitrogen and oxygen atoms in total. The van der Waals surface area contributed by atoms with Crippen molar-refractivity contribution < 1.29 is 4.79 Å². The lowest BCUT2D eigenvalue weighted by Gasteiger charge is -2.32. The Hall–Kier alpha value is -0.280. The van der Waals surface area contributed by atoms with Gasteiger partial charge in [0.05, 0.1) is 0 Å². The van der Waals surface area contributed by atoms with Crippen molar-refractivity contribution in [2.24, 2.45) is 11.8 Å². The fraction of sp³-hybridized carbons (Fsp3) is 0.933. The lowest BCUT2D eigenvalue weighted by molar-refractivity contribution is -0.134. The van der Waals surface area contributed by atoms with Crippen LogP contribution in [0, 0.1) is 11.8 Å². The minimum atomic E-state index is 0. The second-order valence-corrected chi connectivity index (χ2v) is 6.86. The minimum Gasteiger partial charge on any atom is -0.337 e. The summed E-state index contributed by atoms with van der Waals surface area (Å²) in [6.45, 7) is 9.88. The maximum atomic E-state index is 12.4. The molecule has 0 aromatic rings. The predicted octanol–water partition coefficient (Wildman–Crippen LogP) is 2.84. The summed E-state index contributed by atoms with van der Waals surface area (Å²) in [4.78, 5) is 14.5. The first-order valence-corrected chi connectivity index (χ1v) is 7.50. The standard InChI is InChI=1S/C15H28N2O.ClH/c1-12-10-15(2,3)17(11-12)14(18)5-4-13-6-8-16-9-7-13;/h12-13,16H,4-11H2,1-3H3;1H. The topological polar surface area (TPSA) is 32.3 Å². The molecule has 112 valence electrons. The molecule has 1 atom stereocenters. The Morgan fingerprint density at radius 2 is 1.95 bits per heavy atom. The Balaban J connectivity index is 0.00000180. The Kier molecular flexibility index (Phi) is 6.13. The smallest absolute Gasteiger partial charge is 0.223 e. The van der Waals surface area contributed by atoms with E-state index >= 15 is 0 Å². The van der Waals surface area contributed by atoms with Gasteiger partial charge in [-0.15, -0.1) is 12.4 Å². The van der Waals surface area contributed by atoms with Gasteiger partial charge in [0, 0.05) is 18.5 Å². The van der Waals surface area contributed by atoms with E-state index < -0.39 is 0 Å². The van der Waals surface area contributed by atoms with E-state index in [0.717, 1.165) is 44.8 Å². The molecule has 1 unspecified atom stereocenters. The number of nitrogens with one attached hydrogen (secondary N) is 1. The Labute approximate surface area is 123 Å². The van der Waals surface area contributed by atoms with Gasteiger partial charge in [0.2, 0.25) is 5.91 Å². The molecule has 19 heavy (non-hydrogen) atoms. The molecular weight excluding hydrogens is 260 g/mol. The summed E-state index contributed by atoms with van der Waals surface area (Å²) >= 11 is 0. The van der Waals surface area contributed by atoms with Gasteiger partial charge < -0.3 is 10.2 Å². The van der Waals surface area contributed by atoms with Crippen molar-refractivity contribution in [3.63, 3.8) is 0 Å². The van der Waals surface area contributed by atoms with E-state index in [9.17, 15) is 4.79 Å². The zero-order chi connectivity index (χ0) is 13.2. The molecule has 2 fully saturated rings. The average molecular weight is 289 g/mol. The summed E-state index contributed by atoms with van der Waals surface area (Å²) in [6, 6.07) is 0. The maximum absolute atomic E-state index is 12.4. The number of nitrogens with zero attached hydrogens (tertiary/aromatic N) is 1. The number of likely N-dealkylation sites (tertiary alicyclic amines) is 1. The van der Waals surface area contributed by atoms with E-state index in [1.165, 1.54) is 12.8 Å². The van der Waals surface area contributed by atoms with Crippen molar-refractivity contribution in [2.45, 2.75) is 58.4 Å². The van der Waals surface area contributed by atoms with Crippen molar-refractivity contribution in [1.29, 1.82) is 0 Å². The summed E-state index contributed by atoms with van der Waals surface area (Å²) in [7, 11) is 0. The van der Waals surface area contributed by atoms with Crippen LogP contribution in [0.3, 0.4) is 0 Å². The highest BCUT2D eigenvalue weighted by atomic mass is 35.5. The average Bonchev–Trinajstić information content (AvgIpc) is 2.61. The zero-order valence-electron chi connectivity index (χ0n) is 12.6. The highest BCUT2D eigenvalue weighted by Gasteiger charge is 2.38. The van der Waals surface area contributed by atoms with Gasteiger partial charge in [0.15, 0.2) is 0 Å². The molecule has 2 saturated heterocycles. The number of piperidine rings is 1. The van der Waals surface area contributed by atoms with Crippen LogP contribution in [0.25, 0.3) is 0 Å². The summed E-state index contributed by atoms with van der Waals surface area (Å²) in [5.41, 5.74) is 0.0740. The van der Waals surface area contributed by atoms with Gasteiger partial charge in [-0.3, -0.25) is 4.79 Å². The van der Waals surface area contributed by atoms with E-state index in [4.69, 9.17) is 0 Å². The highest BCUT2D eigenvalue weighted by Crippen LogP contribution is 2.33. The number of halogens is 1. The third-order valence-electron chi connectivity index (χ3n) is 4.60. The number of rotatable bonds is 3. The predicted molar refractivity (Wildman–Crippen MR) is 81.6 cm³/mol. The van der Waals surface area contributed by atoms with E-state index in [1.54, 1.807) is 0 Å². The molecule has 0 aromatic carbocycles. The maximum Gasteiger partial charge on any atom is 0.223 e. The molecule has 0 saturated carbocycles. The van der Waals surface area contributed by atoms with Gasteiger partial charge in [-0.25, -0.2) is 0 Å². The number of hydrogen-bond donors (Lipinski definition) is 1. The van der Waals surface area contributed by atoms with Crippen LogP contribution in [0.1, 0.15) is 52.9 Å². The second-order valence-electron chi connectivity index (χ2n) is 6.86. The first kappa shape index (κ1) is 16.8. The minimum absolute atomic E-state index is 0. The Morgan fingerprint density at radius 3 is 2.47 bits per heavy atom. The molecule has 2 aliphatic heterocycles. The van der Waals surface area contributed by atoms with Gasteiger partial charge in [0.1, 0.15) is 0 Å². The molecule has 2 heterocycles. The number of carbonyl (C=O) groups excluding carboxylic acids is 1. The highest BCUT2D eigenvalue weighted by molar-refractivity contribution is 5.85. The first-order valence-electron chi connectivity index (χ1n) is 7.50. The van der Waals surface area contributed by atoms with E-state index in [-0.39, 0.29) is 17.9 Å². The van der Waals surface area contributed by atoms with Crippen molar-refractivity contribution in [1.82, 2.24) is 10.2 Å². The van der Waals surface area contributed by atoms with Gasteiger partial charge in [-0.05, 0) is 64.5 Å². The molecule has 0 aromatic heterocycles. The fourth-order valence-corrected chi connectivity index (χ4v) is 3.66. The number of carbonyl (C=O) groups is 1. The molecule has 0 radical (unpaired) electrons. The Bertz CT molecular complexity index is 301. The van der Waals surface area contributed by atoms with Crippen LogP contribution in [0.5, 0.6) is 0 Å². The van der Waals surface area contributed by atoms with Crippen molar-refractivity contribution in [3.8, 4) is 0 Å². The van der Waals surface area contributed by atoms with E-state index in [2.05, 4.69) is 31.0 Å². The number of amides is 1. The van der Waals surface area contributed by atoms with Gasteiger partial charge >= 0.3 is 0 Å². The van der Waals surface area contributed by atoms with Crippen LogP contribution in [0.4, 0.5) is 0 Å². The van der Waals surface area contributed by atoms with Crippen molar-refractivity contribution in [3.05, 3.63) is 0 Å². The van der Waals surface area contributed by atoms with Crippen LogP contribution in [0.15, 0.2) is 0 Å². The lowest BCUT2D eigenvalue weighted by Crippen LogP contribution is -2.42. The van der Waals surface area contributed by atoms with Gasteiger partial charge in [0.25, 0.3) is 0 Å². The largest absolute Gasteiger partial charge is 0.337 e. The molecule has 4 heteroatoms. The molecule has 2 aliphatic rings. The monoisotopic (exact) mass is 288 g/mol. The van der Waals surface area contributed by atoms with Crippen molar-refractivity contribution >= 4 is 18.3 Å². The number of hydrogen-bond acceptors (Lipinski definition) is 2. The molecule has 1 N–H and O–H groups in total. The van der Waals surface area contributed by atoms with Gasteiger partial charge in [-0.2, -0.15) is 0 Å². The van der Waals surface area contributed by atoms with Crippen LogP contribution >= 0.6 is 12.4 Å². The second kappa shape index (κ2) is 6.94. The summed E-state index contributed by atoms with van der Waals surface area (Å²) < 4.78 is 0. The SMILES string of the molecule is CC1CN(C(=O)CCC2CCNCC2)C(C)(C)C1.Cl. The molecule has 0 aliphatic carbocycles. The molecule has 2 rings (SSSR count).